The van der Waals surface area contributed by atoms with Crippen molar-refractivity contribution in [1.82, 2.24) is 10.6 Å². The molecule has 0 radical (unpaired) electrons. The fraction of sp³-hybridized carbons (Fsp3) is 0.650. The first kappa shape index (κ1) is 22.6. The van der Waals surface area contributed by atoms with Gasteiger partial charge in [-0.15, -0.1) is 12.4 Å². The standard InChI is InChI=1S/C20H32N2O3.ClH/c1-3-25-19-15-17(6-8-18(19)24-2)5-4-12-22-20(23)9-7-16-10-13-21-14-11-16;/h6,8,15-16,21H,3-5,7,9-14H2,1-2H3,(H,22,23);1H. The first-order valence-corrected chi connectivity index (χ1v) is 9.50. The number of rotatable bonds is 10. The van der Waals surface area contributed by atoms with E-state index < -0.39 is 0 Å². The maximum Gasteiger partial charge on any atom is 0.220 e. The topological polar surface area (TPSA) is 59.6 Å². The minimum Gasteiger partial charge on any atom is -0.493 e. The fourth-order valence-electron chi connectivity index (χ4n) is 3.26. The highest BCUT2D eigenvalue weighted by molar-refractivity contribution is 5.85. The average Bonchev–Trinajstić information content (AvgIpc) is 2.65. The van der Waals surface area contributed by atoms with Crippen molar-refractivity contribution < 1.29 is 14.3 Å². The molecule has 0 aromatic heterocycles. The lowest BCUT2D eigenvalue weighted by Crippen LogP contribution is -2.29. The summed E-state index contributed by atoms with van der Waals surface area (Å²) in [6.07, 6.45) is 5.92. The summed E-state index contributed by atoms with van der Waals surface area (Å²) >= 11 is 0. The Morgan fingerprint density at radius 3 is 2.73 bits per heavy atom. The van der Waals surface area contributed by atoms with Crippen molar-refractivity contribution in [2.24, 2.45) is 5.92 Å². The SMILES string of the molecule is CCOc1cc(CCCNC(=O)CCC2CCNCC2)ccc1OC.Cl. The number of nitrogens with one attached hydrogen (secondary N) is 2. The summed E-state index contributed by atoms with van der Waals surface area (Å²) in [5, 5.41) is 6.41. The molecule has 0 unspecified atom stereocenters. The van der Waals surface area contributed by atoms with Crippen molar-refractivity contribution in [3.63, 3.8) is 0 Å². The lowest BCUT2D eigenvalue weighted by Gasteiger charge is -2.22. The Kier molecular flexibility index (Phi) is 11.1. The molecule has 0 saturated carbocycles. The van der Waals surface area contributed by atoms with Crippen LogP contribution in [-0.4, -0.2) is 39.3 Å². The molecule has 1 heterocycles. The van der Waals surface area contributed by atoms with E-state index in [0.717, 1.165) is 50.4 Å². The third-order valence-electron chi connectivity index (χ3n) is 4.73. The van der Waals surface area contributed by atoms with E-state index in [1.807, 2.05) is 19.1 Å². The number of halogens is 1. The van der Waals surface area contributed by atoms with Gasteiger partial charge in [0.1, 0.15) is 0 Å². The number of piperidine rings is 1. The Hall–Kier alpha value is -1.46. The van der Waals surface area contributed by atoms with Crippen LogP contribution in [0.1, 0.15) is 44.6 Å². The molecule has 6 heteroatoms. The predicted molar refractivity (Wildman–Crippen MR) is 108 cm³/mol. The van der Waals surface area contributed by atoms with Gasteiger partial charge in [-0.25, -0.2) is 0 Å². The summed E-state index contributed by atoms with van der Waals surface area (Å²) in [6, 6.07) is 6.03. The Morgan fingerprint density at radius 1 is 1.27 bits per heavy atom. The maximum absolute atomic E-state index is 12.0. The Labute approximate surface area is 163 Å². The number of benzene rings is 1. The molecule has 1 aromatic carbocycles. The largest absolute Gasteiger partial charge is 0.493 e. The summed E-state index contributed by atoms with van der Waals surface area (Å²) in [5.41, 5.74) is 1.20. The molecule has 2 N–H and O–H groups in total. The van der Waals surface area contributed by atoms with Gasteiger partial charge in [0.05, 0.1) is 13.7 Å². The van der Waals surface area contributed by atoms with Crippen molar-refractivity contribution in [1.29, 1.82) is 0 Å². The van der Waals surface area contributed by atoms with Gasteiger partial charge in [-0.3, -0.25) is 4.79 Å². The number of hydrogen-bond acceptors (Lipinski definition) is 4. The smallest absolute Gasteiger partial charge is 0.220 e. The average molecular weight is 385 g/mol. The number of methoxy groups -OCH3 is 1. The van der Waals surface area contributed by atoms with E-state index in [2.05, 4.69) is 16.7 Å². The van der Waals surface area contributed by atoms with Crippen LogP contribution in [0.15, 0.2) is 18.2 Å². The second kappa shape index (κ2) is 12.8. The highest BCUT2D eigenvalue weighted by Gasteiger charge is 2.14. The van der Waals surface area contributed by atoms with E-state index >= 15 is 0 Å². The molecule has 1 aliphatic rings. The van der Waals surface area contributed by atoms with Crippen LogP contribution in [0.2, 0.25) is 0 Å². The molecule has 1 amide bonds. The minimum atomic E-state index is 0. The van der Waals surface area contributed by atoms with E-state index in [0.29, 0.717) is 18.9 Å². The maximum atomic E-state index is 12.0. The molecule has 148 valence electrons. The monoisotopic (exact) mass is 384 g/mol. The molecule has 1 aromatic rings. The molecule has 0 spiro atoms. The highest BCUT2D eigenvalue weighted by atomic mass is 35.5. The molecule has 2 rings (SSSR count). The third kappa shape index (κ3) is 7.83. The number of ether oxygens (including phenoxy) is 2. The van der Waals surface area contributed by atoms with E-state index in [-0.39, 0.29) is 18.3 Å². The van der Waals surface area contributed by atoms with Crippen LogP contribution in [0.25, 0.3) is 0 Å². The number of carbonyl (C=O) groups excluding carboxylic acids is 1. The molecular weight excluding hydrogens is 352 g/mol. The van der Waals surface area contributed by atoms with Gasteiger partial charge in [0.2, 0.25) is 5.91 Å². The van der Waals surface area contributed by atoms with Crippen molar-refractivity contribution in [2.75, 3.05) is 33.4 Å². The van der Waals surface area contributed by atoms with Gasteiger partial charge < -0.3 is 20.1 Å². The van der Waals surface area contributed by atoms with Crippen LogP contribution in [-0.2, 0) is 11.2 Å². The quantitative estimate of drug-likeness (QED) is 0.607. The molecule has 1 saturated heterocycles. The number of aryl methyl sites for hydroxylation is 1. The van der Waals surface area contributed by atoms with Crippen LogP contribution in [0, 0.1) is 5.92 Å². The minimum absolute atomic E-state index is 0. The first-order chi connectivity index (χ1) is 12.2. The molecule has 1 aliphatic heterocycles. The number of carbonyl (C=O) groups is 1. The van der Waals surface area contributed by atoms with E-state index in [4.69, 9.17) is 9.47 Å². The Balaban J connectivity index is 0.00000338. The zero-order chi connectivity index (χ0) is 17.9. The molecular formula is C20H33ClN2O3. The van der Waals surface area contributed by atoms with Crippen LogP contribution in [0.4, 0.5) is 0 Å². The van der Waals surface area contributed by atoms with Crippen molar-refractivity contribution in [3.05, 3.63) is 23.8 Å². The van der Waals surface area contributed by atoms with E-state index in [1.54, 1.807) is 7.11 Å². The zero-order valence-corrected chi connectivity index (χ0v) is 16.8. The summed E-state index contributed by atoms with van der Waals surface area (Å²) in [7, 11) is 1.65. The van der Waals surface area contributed by atoms with Crippen molar-refractivity contribution in [3.8, 4) is 11.5 Å². The van der Waals surface area contributed by atoms with Crippen molar-refractivity contribution in [2.45, 2.75) is 45.4 Å². The summed E-state index contributed by atoms with van der Waals surface area (Å²) in [6.45, 7) is 5.50. The normalized spacial score (nSPS) is 14.4. The molecule has 0 atom stereocenters. The lowest BCUT2D eigenvalue weighted by molar-refractivity contribution is -0.121. The first-order valence-electron chi connectivity index (χ1n) is 9.50. The molecule has 26 heavy (non-hydrogen) atoms. The van der Waals surface area contributed by atoms with Gasteiger partial charge in [0.25, 0.3) is 0 Å². The molecule has 1 fully saturated rings. The molecule has 5 nitrogen and oxygen atoms in total. The van der Waals surface area contributed by atoms with Gasteiger partial charge in [0, 0.05) is 13.0 Å². The van der Waals surface area contributed by atoms with E-state index in [9.17, 15) is 4.79 Å². The van der Waals surface area contributed by atoms with E-state index in [1.165, 1.54) is 18.4 Å². The van der Waals surface area contributed by atoms with Crippen LogP contribution in [0.5, 0.6) is 11.5 Å². The van der Waals surface area contributed by atoms with Crippen LogP contribution in [0.3, 0.4) is 0 Å². The summed E-state index contributed by atoms with van der Waals surface area (Å²) in [4.78, 5) is 12.0. The molecule has 0 aliphatic carbocycles. The Morgan fingerprint density at radius 2 is 2.04 bits per heavy atom. The van der Waals surface area contributed by atoms with Crippen LogP contribution >= 0.6 is 12.4 Å². The van der Waals surface area contributed by atoms with Crippen LogP contribution < -0.4 is 20.1 Å². The number of amides is 1. The van der Waals surface area contributed by atoms with Gasteiger partial charge in [0.15, 0.2) is 11.5 Å². The predicted octanol–water partition coefficient (Wildman–Crippen LogP) is 3.34. The fourth-order valence-corrected chi connectivity index (χ4v) is 3.26. The number of hydrogen-bond donors (Lipinski definition) is 2. The third-order valence-corrected chi connectivity index (χ3v) is 4.73. The summed E-state index contributed by atoms with van der Waals surface area (Å²) < 4.78 is 10.9. The van der Waals surface area contributed by atoms with Gasteiger partial charge in [-0.05, 0) is 75.7 Å². The zero-order valence-electron chi connectivity index (χ0n) is 16.0. The second-order valence-electron chi connectivity index (χ2n) is 6.60. The van der Waals surface area contributed by atoms with Crippen molar-refractivity contribution >= 4 is 18.3 Å². The summed E-state index contributed by atoms with van der Waals surface area (Å²) in [5.74, 6) is 2.44. The van der Waals surface area contributed by atoms with Gasteiger partial charge >= 0.3 is 0 Å². The van der Waals surface area contributed by atoms with Gasteiger partial charge in [-0.1, -0.05) is 6.07 Å². The highest BCUT2D eigenvalue weighted by Crippen LogP contribution is 2.28. The lowest BCUT2D eigenvalue weighted by atomic mass is 9.93. The second-order valence-corrected chi connectivity index (χ2v) is 6.60. The molecule has 0 bridgehead atoms. The Bertz CT molecular complexity index is 534. The van der Waals surface area contributed by atoms with Gasteiger partial charge in [-0.2, -0.15) is 0 Å².